The van der Waals surface area contributed by atoms with E-state index in [0.29, 0.717) is 12.2 Å². The highest BCUT2D eigenvalue weighted by Gasteiger charge is 2.41. The third kappa shape index (κ3) is 4.00. The van der Waals surface area contributed by atoms with E-state index in [-0.39, 0.29) is 5.92 Å². The number of halogens is 1. The molecule has 2 aromatic rings. The van der Waals surface area contributed by atoms with Crippen LogP contribution in [-0.4, -0.2) is 31.7 Å². The molecule has 0 radical (unpaired) electrons. The molecule has 2 N–H and O–H groups in total. The molecule has 1 unspecified atom stereocenters. The van der Waals surface area contributed by atoms with Crippen molar-refractivity contribution in [3.05, 3.63) is 25.7 Å². The number of hydrogen-bond acceptors (Lipinski definition) is 5. The molecule has 2 heterocycles. The minimum Gasteiger partial charge on any atom is -0.481 e. The third-order valence-electron chi connectivity index (χ3n) is 3.34. The summed E-state index contributed by atoms with van der Waals surface area (Å²) >= 11 is 3.92. The van der Waals surface area contributed by atoms with Crippen LogP contribution >= 0.6 is 33.9 Å². The van der Waals surface area contributed by atoms with Gasteiger partial charge in [0.15, 0.2) is 5.82 Å². The van der Waals surface area contributed by atoms with Gasteiger partial charge in [0.25, 0.3) is 0 Å². The zero-order valence-corrected chi connectivity index (χ0v) is 15.0. The van der Waals surface area contributed by atoms with Crippen LogP contribution in [0.1, 0.15) is 37.4 Å². The molecule has 114 valence electrons. The summed E-state index contributed by atoms with van der Waals surface area (Å²) in [5.41, 5.74) is -0.401. The third-order valence-corrected chi connectivity index (χ3v) is 5.26. The number of H-pyrrole nitrogens is 1. The van der Waals surface area contributed by atoms with Crippen LogP contribution in [0.5, 0.6) is 0 Å². The number of rotatable bonds is 5. The van der Waals surface area contributed by atoms with Crippen LogP contribution in [0, 0.1) is 14.2 Å². The number of hydrogen-bond donors (Lipinski definition) is 2. The molecule has 0 aliphatic rings. The molecule has 0 fully saturated rings. The van der Waals surface area contributed by atoms with Crippen LogP contribution in [0.2, 0.25) is 0 Å². The van der Waals surface area contributed by atoms with Crippen molar-refractivity contribution in [2.24, 2.45) is 11.3 Å². The summed E-state index contributed by atoms with van der Waals surface area (Å²) < 4.78 is 1.18. The molecule has 0 spiro atoms. The predicted molar refractivity (Wildman–Crippen MR) is 88.2 cm³/mol. The van der Waals surface area contributed by atoms with Gasteiger partial charge < -0.3 is 5.11 Å². The summed E-state index contributed by atoms with van der Waals surface area (Å²) in [5, 5.41) is 23.7. The molecule has 0 saturated carbocycles. The average Bonchev–Trinajstić information content (AvgIpc) is 2.97. The van der Waals surface area contributed by atoms with Gasteiger partial charge in [0.05, 0.1) is 8.80 Å². The molecule has 21 heavy (non-hydrogen) atoms. The number of tetrazole rings is 1. The lowest BCUT2D eigenvalue weighted by atomic mass is 9.71. The van der Waals surface area contributed by atoms with E-state index >= 15 is 0 Å². The highest BCUT2D eigenvalue weighted by Crippen LogP contribution is 2.39. The van der Waals surface area contributed by atoms with Crippen molar-refractivity contribution in [1.29, 1.82) is 0 Å². The summed E-state index contributed by atoms with van der Waals surface area (Å²) in [7, 11) is 0. The lowest BCUT2D eigenvalue weighted by Crippen LogP contribution is -2.35. The molecule has 0 aliphatic carbocycles. The summed E-state index contributed by atoms with van der Waals surface area (Å²) in [6.07, 6.45) is 0.599. The first-order chi connectivity index (χ1) is 9.79. The number of carbonyl (C=O) groups is 1. The van der Waals surface area contributed by atoms with Gasteiger partial charge >= 0.3 is 5.97 Å². The molecule has 0 amide bonds. The van der Waals surface area contributed by atoms with Crippen molar-refractivity contribution in [3.63, 3.8) is 0 Å². The molecule has 2 aromatic heterocycles. The zero-order chi connectivity index (χ0) is 15.6. The van der Waals surface area contributed by atoms with Gasteiger partial charge in [-0.3, -0.25) is 4.79 Å². The number of thiophene rings is 1. The van der Waals surface area contributed by atoms with E-state index in [2.05, 4.69) is 43.2 Å². The molecule has 0 saturated heterocycles. The summed E-state index contributed by atoms with van der Waals surface area (Å²) in [5.74, 6) is -1.27. The van der Waals surface area contributed by atoms with Crippen LogP contribution in [0.4, 0.5) is 0 Å². The number of nitrogens with zero attached hydrogens (tertiary/aromatic N) is 3. The van der Waals surface area contributed by atoms with E-state index in [9.17, 15) is 9.90 Å². The minimum atomic E-state index is -0.830. The minimum absolute atomic E-state index is 0.310. The maximum Gasteiger partial charge on any atom is 0.307 e. The molecular weight excluding hydrogens is 403 g/mol. The second kappa shape index (κ2) is 6.39. The Labute approximate surface area is 140 Å². The normalized spacial score (nSPS) is 14.9. The lowest BCUT2D eigenvalue weighted by molar-refractivity contribution is -0.146. The molecule has 0 aromatic carbocycles. The largest absolute Gasteiger partial charge is 0.481 e. The first-order valence-electron chi connectivity index (χ1n) is 6.49. The van der Waals surface area contributed by atoms with Gasteiger partial charge in [-0.15, -0.1) is 21.5 Å². The predicted octanol–water partition coefficient (Wildman–Crippen LogP) is 2.94. The van der Waals surface area contributed by atoms with Gasteiger partial charge in [-0.05, 0) is 46.6 Å². The number of aromatic nitrogens is 4. The summed E-state index contributed by atoms with van der Waals surface area (Å²) in [6, 6.07) is 4.06. The summed E-state index contributed by atoms with van der Waals surface area (Å²) in [4.78, 5) is 12.9. The van der Waals surface area contributed by atoms with E-state index < -0.39 is 17.3 Å². The van der Waals surface area contributed by atoms with Gasteiger partial charge in [-0.2, -0.15) is 5.21 Å². The molecular formula is C13H17IN4O2S. The monoisotopic (exact) mass is 420 g/mol. The van der Waals surface area contributed by atoms with Gasteiger partial charge in [0.2, 0.25) is 0 Å². The quantitative estimate of drug-likeness (QED) is 0.726. The van der Waals surface area contributed by atoms with Crippen LogP contribution < -0.4 is 0 Å². The Morgan fingerprint density at radius 3 is 2.62 bits per heavy atom. The molecule has 8 heteroatoms. The zero-order valence-electron chi connectivity index (χ0n) is 12.0. The molecule has 0 bridgehead atoms. The standard InChI is InChI=1S/C13H17IN4O2S/c1-13(2,3)10(12(19)20)8(11-15-17-18-16-11)6-7-4-5-9(14)21-7/h4-5,8,10H,6H2,1-3H3,(H,19,20)(H,15,16,17,18)/t8-,10?/m0/s1. The smallest absolute Gasteiger partial charge is 0.307 e. The number of aliphatic carboxylic acids is 1. The Kier molecular flexibility index (Phi) is 4.97. The Hall–Kier alpha value is -1.03. The number of nitrogens with one attached hydrogen (secondary N) is 1. The summed E-state index contributed by atoms with van der Waals surface area (Å²) in [6.45, 7) is 5.78. The van der Waals surface area contributed by atoms with E-state index in [1.807, 2.05) is 32.9 Å². The number of carboxylic acids is 1. The van der Waals surface area contributed by atoms with E-state index in [1.165, 1.54) is 2.88 Å². The van der Waals surface area contributed by atoms with Gasteiger partial charge in [-0.1, -0.05) is 26.0 Å². The van der Waals surface area contributed by atoms with Crippen LogP contribution in [-0.2, 0) is 11.2 Å². The second-order valence-electron chi connectivity index (χ2n) is 5.97. The van der Waals surface area contributed by atoms with Gasteiger partial charge in [0.1, 0.15) is 0 Å². The average molecular weight is 420 g/mol. The first-order valence-corrected chi connectivity index (χ1v) is 8.39. The Balaban J connectivity index is 2.38. The van der Waals surface area contributed by atoms with E-state index in [1.54, 1.807) is 11.3 Å². The highest BCUT2D eigenvalue weighted by atomic mass is 127. The van der Waals surface area contributed by atoms with Gasteiger partial charge in [0, 0.05) is 10.8 Å². The number of aromatic amines is 1. The van der Waals surface area contributed by atoms with E-state index in [4.69, 9.17) is 0 Å². The van der Waals surface area contributed by atoms with Crippen molar-refractivity contribution >= 4 is 39.9 Å². The Bertz CT molecular complexity index is 606. The van der Waals surface area contributed by atoms with Crippen LogP contribution in [0.25, 0.3) is 0 Å². The van der Waals surface area contributed by atoms with E-state index in [0.717, 1.165) is 4.88 Å². The topological polar surface area (TPSA) is 91.8 Å². The van der Waals surface area contributed by atoms with Crippen LogP contribution in [0.3, 0.4) is 0 Å². The first kappa shape index (κ1) is 16.3. The van der Waals surface area contributed by atoms with Crippen LogP contribution in [0.15, 0.2) is 12.1 Å². The maximum absolute atomic E-state index is 11.8. The van der Waals surface area contributed by atoms with Gasteiger partial charge in [-0.25, -0.2) is 0 Å². The Morgan fingerprint density at radius 1 is 1.48 bits per heavy atom. The molecule has 6 nitrogen and oxygen atoms in total. The fraction of sp³-hybridized carbons (Fsp3) is 0.538. The SMILES string of the molecule is CC(C)(C)C(C(=O)O)[C@H](Cc1ccc(I)s1)c1nn[nH]n1. The van der Waals surface area contributed by atoms with Crippen molar-refractivity contribution < 1.29 is 9.90 Å². The van der Waals surface area contributed by atoms with Crippen molar-refractivity contribution in [3.8, 4) is 0 Å². The molecule has 2 atom stereocenters. The Morgan fingerprint density at radius 2 is 2.19 bits per heavy atom. The lowest BCUT2D eigenvalue weighted by Gasteiger charge is -2.32. The fourth-order valence-electron chi connectivity index (χ4n) is 2.51. The van der Waals surface area contributed by atoms with Crippen molar-refractivity contribution in [1.82, 2.24) is 20.6 Å². The molecule has 0 aliphatic heterocycles. The maximum atomic E-state index is 11.8. The number of carboxylic acid groups (broad SMARTS) is 1. The fourth-order valence-corrected chi connectivity index (χ4v) is 4.32. The van der Waals surface area contributed by atoms with Crippen molar-refractivity contribution in [2.75, 3.05) is 0 Å². The second-order valence-corrected chi connectivity index (χ2v) is 9.03. The van der Waals surface area contributed by atoms with Crippen molar-refractivity contribution in [2.45, 2.75) is 33.1 Å². The molecule has 2 rings (SSSR count). The highest BCUT2D eigenvalue weighted by molar-refractivity contribution is 14.1.